The van der Waals surface area contributed by atoms with E-state index in [2.05, 4.69) is 164 Å². The molecule has 8 aromatic rings. The Kier molecular flexibility index (Phi) is 6.31. The van der Waals surface area contributed by atoms with Gasteiger partial charge in [-0.05, 0) is 86.8 Å². The van der Waals surface area contributed by atoms with Crippen LogP contribution in [0.25, 0.3) is 67.3 Å². The fourth-order valence-electron chi connectivity index (χ4n) is 8.30. The Morgan fingerprint density at radius 3 is 1.48 bits per heavy atom. The normalized spacial score (nSPS) is 13.1. The van der Waals surface area contributed by atoms with Crippen molar-refractivity contribution in [3.05, 3.63) is 198 Å². The zero-order chi connectivity index (χ0) is 33.2. The van der Waals surface area contributed by atoms with Gasteiger partial charge in [0.2, 0.25) is 0 Å². The van der Waals surface area contributed by atoms with Crippen LogP contribution in [0.1, 0.15) is 27.8 Å². The second-order valence-electron chi connectivity index (χ2n) is 13.3. The average Bonchev–Trinajstić information content (AvgIpc) is 3.43. The van der Waals surface area contributed by atoms with Crippen molar-refractivity contribution >= 4 is 0 Å². The number of benzene rings is 6. The van der Waals surface area contributed by atoms with Crippen LogP contribution in [0, 0.1) is 6.92 Å². The smallest absolute Gasteiger partial charge is 0.160 e. The molecule has 50 heavy (non-hydrogen) atoms. The first-order valence-corrected chi connectivity index (χ1v) is 17.1. The van der Waals surface area contributed by atoms with E-state index in [-0.39, 0.29) is 0 Å². The van der Waals surface area contributed by atoms with Crippen molar-refractivity contribution in [2.24, 2.45) is 0 Å². The number of hydrogen-bond donors (Lipinski definition) is 0. The maximum absolute atomic E-state index is 5.26. The van der Waals surface area contributed by atoms with Crippen LogP contribution in [-0.2, 0) is 5.41 Å². The molecule has 6 aromatic carbocycles. The molecule has 0 amide bonds. The highest BCUT2D eigenvalue weighted by Gasteiger charge is 2.49. The van der Waals surface area contributed by atoms with Crippen LogP contribution in [-0.4, -0.2) is 15.0 Å². The second kappa shape index (κ2) is 11.0. The third kappa shape index (κ3) is 4.13. The number of fused-ring (bicyclic) bond motifs is 12. The molecular weight excluding hydrogens is 607 g/mol. The molecule has 3 heteroatoms. The van der Waals surface area contributed by atoms with E-state index in [9.17, 15) is 0 Å². The predicted molar refractivity (Wildman–Crippen MR) is 203 cm³/mol. The van der Waals surface area contributed by atoms with Crippen LogP contribution < -0.4 is 0 Å². The summed E-state index contributed by atoms with van der Waals surface area (Å²) < 4.78 is 0. The van der Waals surface area contributed by atoms with E-state index in [1.807, 2.05) is 12.3 Å². The summed E-state index contributed by atoms with van der Waals surface area (Å²) in [5, 5.41) is 0. The number of hydrogen-bond acceptors (Lipinski definition) is 3. The molecular formula is C47H31N3. The largest absolute Gasteiger partial charge is 0.264 e. The minimum absolute atomic E-state index is 0.561. The van der Waals surface area contributed by atoms with E-state index in [1.165, 1.54) is 61.2 Å². The van der Waals surface area contributed by atoms with E-state index >= 15 is 0 Å². The van der Waals surface area contributed by atoms with Gasteiger partial charge in [0, 0.05) is 29.1 Å². The molecule has 0 radical (unpaired) electrons. The van der Waals surface area contributed by atoms with Gasteiger partial charge in [-0.1, -0.05) is 139 Å². The monoisotopic (exact) mass is 637 g/mol. The summed E-state index contributed by atoms with van der Waals surface area (Å²) >= 11 is 0. The maximum Gasteiger partial charge on any atom is 0.160 e. The highest BCUT2D eigenvalue weighted by molar-refractivity contribution is 5.97. The molecule has 2 aliphatic rings. The number of nitrogens with zero attached hydrogens (tertiary/aromatic N) is 3. The highest BCUT2D eigenvalue weighted by atomic mass is 14.9. The number of pyridine rings is 1. The van der Waals surface area contributed by atoms with Gasteiger partial charge in [0.25, 0.3) is 0 Å². The minimum atomic E-state index is -0.561. The summed E-state index contributed by atoms with van der Waals surface area (Å²) in [5.41, 5.74) is 18.0. The van der Waals surface area contributed by atoms with E-state index in [0.717, 1.165) is 28.1 Å². The lowest BCUT2D eigenvalue weighted by molar-refractivity contribution is 0.775. The van der Waals surface area contributed by atoms with Crippen molar-refractivity contribution in [2.75, 3.05) is 0 Å². The summed E-state index contributed by atoms with van der Waals surface area (Å²) in [6.45, 7) is 2.11. The van der Waals surface area contributed by atoms with Gasteiger partial charge >= 0.3 is 0 Å². The van der Waals surface area contributed by atoms with Crippen LogP contribution >= 0.6 is 0 Å². The van der Waals surface area contributed by atoms with Crippen LogP contribution in [0.4, 0.5) is 0 Å². The SMILES string of the molecule is Cc1ccc(-c2cc(-c3cccnc3)nc(-c3ccc4c(c3)C3(c5ccccc5-c5ccccc5-4)c4ccccc4-c4ccccc43)n2)cc1. The van der Waals surface area contributed by atoms with Crippen molar-refractivity contribution < 1.29 is 0 Å². The fourth-order valence-corrected chi connectivity index (χ4v) is 8.30. The number of rotatable bonds is 3. The molecule has 0 fully saturated rings. The van der Waals surface area contributed by atoms with Crippen molar-refractivity contribution in [3.8, 4) is 67.3 Å². The van der Waals surface area contributed by atoms with Gasteiger partial charge in [-0.2, -0.15) is 0 Å². The molecule has 2 heterocycles. The summed E-state index contributed by atoms with van der Waals surface area (Å²) in [4.78, 5) is 14.9. The van der Waals surface area contributed by atoms with Gasteiger partial charge < -0.3 is 0 Å². The minimum Gasteiger partial charge on any atom is -0.264 e. The third-order valence-corrected chi connectivity index (χ3v) is 10.5. The van der Waals surface area contributed by atoms with Gasteiger partial charge in [0.1, 0.15) is 0 Å². The van der Waals surface area contributed by atoms with E-state index in [0.29, 0.717) is 5.82 Å². The van der Waals surface area contributed by atoms with E-state index < -0.39 is 5.41 Å². The molecule has 0 saturated heterocycles. The van der Waals surface area contributed by atoms with Crippen molar-refractivity contribution in [1.82, 2.24) is 15.0 Å². The lowest BCUT2D eigenvalue weighted by Crippen LogP contribution is -2.29. The summed E-state index contributed by atoms with van der Waals surface area (Å²) in [7, 11) is 0. The standard InChI is InChI=1S/C47H31N3/c1-30-20-22-31(23-21-30)44-28-45(33-11-10-26-48-29-33)50-46(49-44)32-24-25-39-35-13-3-2-12-34(35)36-14-4-7-17-40(36)47(43(39)27-32)41-18-8-5-15-37(41)38-16-6-9-19-42(38)47/h2-29H,1H3. The topological polar surface area (TPSA) is 38.7 Å². The molecule has 0 bridgehead atoms. The summed E-state index contributed by atoms with van der Waals surface area (Å²) in [6, 6.07) is 57.3. The summed E-state index contributed by atoms with van der Waals surface area (Å²) in [5.74, 6) is 0.685. The van der Waals surface area contributed by atoms with Crippen molar-refractivity contribution in [3.63, 3.8) is 0 Å². The van der Waals surface area contributed by atoms with Gasteiger partial charge in [-0.25, -0.2) is 9.97 Å². The average molecular weight is 638 g/mol. The van der Waals surface area contributed by atoms with Gasteiger partial charge in [-0.3, -0.25) is 4.98 Å². The molecule has 0 N–H and O–H groups in total. The highest BCUT2D eigenvalue weighted by Crippen LogP contribution is 2.61. The Bertz CT molecular complexity index is 2560. The Morgan fingerprint density at radius 2 is 0.900 bits per heavy atom. The molecule has 0 atom stereocenters. The molecule has 2 aliphatic carbocycles. The first kappa shape index (κ1) is 28.6. The van der Waals surface area contributed by atoms with Crippen LogP contribution in [0.2, 0.25) is 0 Å². The Hall–Kier alpha value is -6.45. The van der Waals surface area contributed by atoms with E-state index in [4.69, 9.17) is 9.97 Å². The van der Waals surface area contributed by atoms with Gasteiger partial charge in [0.05, 0.1) is 16.8 Å². The van der Waals surface area contributed by atoms with Gasteiger partial charge in [-0.15, -0.1) is 0 Å². The fraction of sp³-hybridized carbons (Fsp3) is 0.0426. The molecule has 3 nitrogen and oxygen atoms in total. The first-order chi connectivity index (χ1) is 24.7. The molecule has 0 saturated carbocycles. The molecule has 10 rings (SSSR count). The van der Waals surface area contributed by atoms with Crippen molar-refractivity contribution in [2.45, 2.75) is 12.3 Å². The third-order valence-electron chi connectivity index (χ3n) is 10.5. The lowest BCUT2D eigenvalue weighted by Gasteiger charge is -2.35. The molecule has 2 aromatic heterocycles. The maximum atomic E-state index is 5.26. The zero-order valence-electron chi connectivity index (χ0n) is 27.5. The van der Waals surface area contributed by atoms with Crippen LogP contribution in [0.5, 0.6) is 0 Å². The Balaban J connectivity index is 1.31. The number of aromatic nitrogens is 3. The lowest BCUT2D eigenvalue weighted by atomic mass is 9.65. The first-order valence-electron chi connectivity index (χ1n) is 17.1. The Labute approximate surface area is 291 Å². The molecule has 234 valence electrons. The zero-order valence-corrected chi connectivity index (χ0v) is 27.5. The number of aryl methyl sites for hydroxylation is 1. The molecule has 0 aliphatic heterocycles. The van der Waals surface area contributed by atoms with Crippen molar-refractivity contribution in [1.29, 1.82) is 0 Å². The molecule has 0 unspecified atom stereocenters. The Morgan fingerprint density at radius 1 is 0.400 bits per heavy atom. The van der Waals surface area contributed by atoms with E-state index in [1.54, 1.807) is 6.20 Å². The second-order valence-corrected chi connectivity index (χ2v) is 13.3. The predicted octanol–water partition coefficient (Wildman–Crippen LogP) is 11.2. The van der Waals surface area contributed by atoms with Gasteiger partial charge in [0.15, 0.2) is 5.82 Å². The quantitative estimate of drug-likeness (QED) is 0.193. The molecule has 1 spiro atoms. The van der Waals surface area contributed by atoms with Crippen LogP contribution in [0.15, 0.2) is 170 Å². The van der Waals surface area contributed by atoms with Crippen LogP contribution in [0.3, 0.4) is 0 Å². The summed E-state index contributed by atoms with van der Waals surface area (Å²) in [6.07, 6.45) is 3.67.